The Kier molecular flexibility index (Phi) is 3.42. The molecule has 5 nitrogen and oxygen atoms in total. The molecule has 2 aromatic carbocycles. The third-order valence-electron chi connectivity index (χ3n) is 4.36. The number of nitrogens with one attached hydrogen (secondary N) is 1. The van der Waals surface area contributed by atoms with Crippen LogP contribution >= 0.6 is 0 Å². The number of hydrogen-bond acceptors (Lipinski definition) is 3. The van der Waals surface area contributed by atoms with Crippen LogP contribution < -0.4 is 0 Å². The van der Waals surface area contributed by atoms with Gasteiger partial charge in [0.15, 0.2) is 5.76 Å². The zero-order valence-corrected chi connectivity index (χ0v) is 14.0. The highest BCUT2D eigenvalue weighted by atomic mass is 16.3. The maximum atomic E-state index is 6.04. The molecule has 5 rings (SSSR count). The van der Waals surface area contributed by atoms with Gasteiger partial charge in [-0.05, 0) is 17.7 Å². The van der Waals surface area contributed by atoms with Crippen molar-refractivity contribution in [1.82, 2.24) is 19.7 Å². The fraction of sp³-hybridized carbons (Fsp3) is 0.0476. The van der Waals surface area contributed by atoms with Crippen LogP contribution in [0.2, 0.25) is 0 Å². The summed E-state index contributed by atoms with van der Waals surface area (Å²) in [5, 5.41) is 5.85. The van der Waals surface area contributed by atoms with Crippen molar-refractivity contribution in [2.45, 2.75) is 6.54 Å². The molecule has 3 heterocycles. The van der Waals surface area contributed by atoms with E-state index in [4.69, 9.17) is 9.52 Å². The minimum Gasteiger partial charge on any atom is -0.454 e. The SMILES string of the molecule is c1ccc(Cn2cc(-c3ncc[nH]3)c(-c3cc4ccccc4o3)n2)cc1. The van der Waals surface area contributed by atoms with Crippen molar-refractivity contribution in [2.24, 2.45) is 0 Å². The number of imidazole rings is 1. The fourth-order valence-electron chi connectivity index (χ4n) is 3.14. The number of H-pyrrole nitrogens is 1. The Labute approximate surface area is 149 Å². The molecule has 0 aliphatic rings. The lowest BCUT2D eigenvalue weighted by atomic mass is 10.2. The van der Waals surface area contributed by atoms with Crippen LogP contribution in [0.4, 0.5) is 0 Å². The van der Waals surface area contributed by atoms with E-state index in [-0.39, 0.29) is 0 Å². The van der Waals surface area contributed by atoms with Gasteiger partial charge in [0.05, 0.1) is 12.1 Å². The topological polar surface area (TPSA) is 59.6 Å². The maximum absolute atomic E-state index is 6.04. The molecule has 0 atom stereocenters. The molecule has 0 saturated heterocycles. The fourth-order valence-corrected chi connectivity index (χ4v) is 3.14. The van der Waals surface area contributed by atoms with E-state index in [9.17, 15) is 0 Å². The molecule has 0 radical (unpaired) electrons. The normalized spacial score (nSPS) is 11.2. The van der Waals surface area contributed by atoms with Gasteiger partial charge in [-0.15, -0.1) is 0 Å². The van der Waals surface area contributed by atoms with Crippen LogP contribution in [0.3, 0.4) is 0 Å². The number of aromatic amines is 1. The summed E-state index contributed by atoms with van der Waals surface area (Å²) in [6.45, 7) is 0.689. The van der Waals surface area contributed by atoms with Crippen molar-refractivity contribution in [1.29, 1.82) is 0 Å². The summed E-state index contributed by atoms with van der Waals surface area (Å²) in [5.41, 5.74) is 3.75. The number of fused-ring (bicyclic) bond motifs is 1. The molecule has 0 aliphatic heterocycles. The van der Waals surface area contributed by atoms with Crippen LogP contribution in [-0.2, 0) is 6.54 Å². The van der Waals surface area contributed by atoms with Crippen LogP contribution in [0.25, 0.3) is 33.8 Å². The lowest BCUT2D eigenvalue weighted by molar-refractivity contribution is 0.621. The summed E-state index contributed by atoms with van der Waals surface area (Å²) in [7, 11) is 0. The standard InChI is InChI=1S/C21H16N4O/c1-2-6-15(7-3-1)13-25-14-17(21-22-10-11-23-21)20(24-25)19-12-16-8-4-5-9-18(16)26-19/h1-12,14H,13H2,(H,22,23). The largest absolute Gasteiger partial charge is 0.454 e. The Morgan fingerprint density at radius 3 is 2.65 bits per heavy atom. The van der Waals surface area contributed by atoms with Gasteiger partial charge in [0.2, 0.25) is 0 Å². The van der Waals surface area contributed by atoms with Crippen molar-refractivity contribution in [3.8, 4) is 22.8 Å². The molecular weight excluding hydrogens is 324 g/mol. The Hall–Kier alpha value is -3.60. The highest BCUT2D eigenvalue weighted by Crippen LogP contribution is 2.33. The molecule has 5 heteroatoms. The molecule has 0 saturated carbocycles. The van der Waals surface area contributed by atoms with E-state index < -0.39 is 0 Å². The second-order valence-corrected chi connectivity index (χ2v) is 6.16. The van der Waals surface area contributed by atoms with Crippen LogP contribution in [0.15, 0.2) is 83.7 Å². The third-order valence-corrected chi connectivity index (χ3v) is 4.36. The molecule has 0 spiro atoms. The van der Waals surface area contributed by atoms with E-state index in [1.54, 1.807) is 6.20 Å². The van der Waals surface area contributed by atoms with Gasteiger partial charge in [0, 0.05) is 24.0 Å². The number of rotatable bonds is 4. The molecule has 1 N–H and O–H groups in total. The first-order chi connectivity index (χ1) is 12.9. The van der Waals surface area contributed by atoms with E-state index in [0.29, 0.717) is 6.54 Å². The number of furan rings is 1. The van der Waals surface area contributed by atoms with Gasteiger partial charge in [-0.2, -0.15) is 5.10 Å². The van der Waals surface area contributed by atoms with Gasteiger partial charge in [-0.25, -0.2) is 4.98 Å². The predicted molar refractivity (Wildman–Crippen MR) is 101 cm³/mol. The van der Waals surface area contributed by atoms with E-state index in [1.807, 2.05) is 65.6 Å². The van der Waals surface area contributed by atoms with Crippen molar-refractivity contribution < 1.29 is 4.42 Å². The van der Waals surface area contributed by atoms with E-state index >= 15 is 0 Å². The smallest absolute Gasteiger partial charge is 0.156 e. The van der Waals surface area contributed by atoms with Gasteiger partial charge in [-0.3, -0.25) is 4.68 Å². The van der Waals surface area contributed by atoms with E-state index in [1.165, 1.54) is 5.56 Å². The molecule has 0 bridgehead atoms. The first-order valence-electron chi connectivity index (χ1n) is 8.47. The zero-order valence-electron chi connectivity index (χ0n) is 14.0. The Bertz CT molecular complexity index is 1120. The molecule has 0 fully saturated rings. The summed E-state index contributed by atoms with van der Waals surface area (Å²) >= 11 is 0. The Balaban J connectivity index is 1.63. The van der Waals surface area contributed by atoms with Gasteiger partial charge >= 0.3 is 0 Å². The maximum Gasteiger partial charge on any atom is 0.156 e. The first kappa shape index (κ1) is 14.7. The van der Waals surface area contributed by atoms with E-state index in [0.717, 1.165) is 33.8 Å². The third kappa shape index (κ3) is 2.59. The van der Waals surface area contributed by atoms with Crippen LogP contribution in [-0.4, -0.2) is 19.7 Å². The number of benzene rings is 2. The minimum atomic E-state index is 0.689. The zero-order chi connectivity index (χ0) is 17.3. The highest BCUT2D eigenvalue weighted by molar-refractivity contribution is 5.85. The lowest BCUT2D eigenvalue weighted by Crippen LogP contribution is -1.99. The van der Waals surface area contributed by atoms with Crippen molar-refractivity contribution in [3.63, 3.8) is 0 Å². The summed E-state index contributed by atoms with van der Waals surface area (Å²) in [5.74, 6) is 1.52. The molecule has 0 aliphatic carbocycles. The highest BCUT2D eigenvalue weighted by Gasteiger charge is 2.18. The Morgan fingerprint density at radius 1 is 1.00 bits per heavy atom. The predicted octanol–water partition coefficient (Wildman–Crippen LogP) is 4.73. The quantitative estimate of drug-likeness (QED) is 0.514. The Morgan fingerprint density at radius 2 is 1.85 bits per heavy atom. The summed E-state index contributed by atoms with van der Waals surface area (Å²) in [4.78, 5) is 7.56. The average Bonchev–Trinajstić information content (AvgIpc) is 3.41. The van der Waals surface area contributed by atoms with Crippen molar-refractivity contribution in [3.05, 3.63) is 84.8 Å². The minimum absolute atomic E-state index is 0.689. The van der Waals surface area contributed by atoms with Gasteiger partial charge in [0.1, 0.15) is 17.1 Å². The number of nitrogens with zero attached hydrogens (tertiary/aromatic N) is 3. The van der Waals surface area contributed by atoms with Crippen molar-refractivity contribution >= 4 is 11.0 Å². The number of aromatic nitrogens is 4. The second-order valence-electron chi connectivity index (χ2n) is 6.16. The van der Waals surface area contributed by atoms with Crippen LogP contribution in [0.5, 0.6) is 0 Å². The second kappa shape index (κ2) is 6.04. The van der Waals surface area contributed by atoms with Crippen molar-refractivity contribution in [2.75, 3.05) is 0 Å². The summed E-state index contributed by atoms with van der Waals surface area (Å²) in [6, 6.07) is 20.3. The lowest BCUT2D eigenvalue weighted by Gasteiger charge is -2.00. The number of hydrogen-bond donors (Lipinski definition) is 1. The molecule has 126 valence electrons. The molecule has 5 aromatic rings. The average molecular weight is 340 g/mol. The molecule has 0 unspecified atom stereocenters. The van der Waals surface area contributed by atoms with Crippen LogP contribution in [0.1, 0.15) is 5.56 Å². The van der Waals surface area contributed by atoms with Crippen LogP contribution in [0, 0.1) is 0 Å². The van der Waals surface area contributed by atoms with Gasteiger partial charge in [0.25, 0.3) is 0 Å². The molecular formula is C21H16N4O. The monoisotopic (exact) mass is 340 g/mol. The molecule has 0 amide bonds. The molecule has 3 aromatic heterocycles. The van der Waals surface area contributed by atoms with Gasteiger partial charge < -0.3 is 9.40 Å². The van der Waals surface area contributed by atoms with E-state index in [2.05, 4.69) is 22.1 Å². The first-order valence-corrected chi connectivity index (χ1v) is 8.47. The number of para-hydroxylation sites is 1. The summed E-state index contributed by atoms with van der Waals surface area (Å²) in [6.07, 6.45) is 5.56. The summed E-state index contributed by atoms with van der Waals surface area (Å²) < 4.78 is 7.97. The van der Waals surface area contributed by atoms with Gasteiger partial charge in [-0.1, -0.05) is 48.5 Å². The molecule has 26 heavy (non-hydrogen) atoms.